The smallest absolute Gasteiger partial charge is 0.298 e. The maximum atomic E-state index is 14.7. The molecule has 0 heterocycles. The first kappa shape index (κ1) is 81.3. The van der Waals surface area contributed by atoms with Crippen LogP contribution in [0, 0.1) is 0 Å². The summed E-state index contributed by atoms with van der Waals surface area (Å²) in [5.41, 5.74) is 0.620. The first-order chi connectivity index (χ1) is 51.2. The molecule has 0 saturated carbocycles. The number of fused-ring (bicyclic) bond motifs is 3. The molecular formula is C82H84O20S7. The zero-order chi connectivity index (χ0) is 79.3. The highest BCUT2D eigenvalue weighted by molar-refractivity contribution is 7.99. The van der Waals surface area contributed by atoms with E-state index in [1.807, 2.05) is 154 Å². The number of hydrogen-bond donors (Lipinski definition) is 4. The molecule has 1 atom stereocenters. The lowest BCUT2D eigenvalue weighted by atomic mass is 9.61. The summed E-state index contributed by atoms with van der Waals surface area (Å²) in [5, 5.41) is 0. The van der Waals surface area contributed by atoms with E-state index in [0.29, 0.717) is 48.5 Å². The van der Waals surface area contributed by atoms with Crippen LogP contribution in [0.15, 0.2) is 267 Å². The molecule has 0 fully saturated rings. The third kappa shape index (κ3) is 15.9. The SMILES string of the molecule is CCCC(C)(CC)c1ccc(S(=O)(=O)c2ccc(Oc3ccc(C4(c5ccc(OC(CC)(CC)C(CC)(CC)c6ccc(S(=O)(=O)c7ccc(Oc8ccc(Sc9ccc(OC(C)(C)C)cc9)cc8)c(S(=O)(=O)O)c7)cc6S(=O)(=O)O)cc5)c5ccccc5-c5ccccc54)cc3)c(S(=O)(=O)O)c2)cc1S(=O)(=O)O. The van der Waals surface area contributed by atoms with Gasteiger partial charge in [-0.2, -0.15) is 33.7 Å². The van der Waals surface area contributed by atoms with E-state index in [0.717, 1.165) is 74.0 Å². The molecular weight excluding hydrogens is 1530 g/mol. The first-order valence-electron chi connectivity index (χ1n) is 35.2. The van der Waals surface area contributed by atoms with Gasteiger partial charge in [0.15, 0.2) is 0 Å². The highest BCUT2D eigenvalue weighted by atomic mass is 32.2. The van der Waals surface area contributed by atoms with Gasteiger partial charge in [0.05, 0.1) is 34.8 Å². The zero-order valence-electron chi connectivity index (χ0n) is 61.4. The summed E-state index contributed by atoms with van der Waals surface area (Å²) in [4.78, 5) is -3.90. The van der Waals surface area contributed by atoms with Crippen LogP contribution < -0.4 is 18.9 Å². The average molecular weight is 1610 g/mol. The number of sulfone groups is 2. The first-order valence-corrected chi connectivity index (χ1v) is 44.7. The van der Waals surface area contributed by atoms with Gasteiger partial charge < -0.3 is 18.9 Å². The predicted octanol–water partition coefficient (Wildman–Crippen LogP) is 18.8. The van der Waals surface area contributed by atoms with E-state index in [2.05, 4.69) is 0 Å². The fraction of sp³-hybridized carbons (Fsp3) is 0.268. The van der Waals surface area contributed by atoms with Crippen LogP contribution in [-0.2, 0) is 76.4 Å². The fourth-order valence-corrected chi connectivity index (χ4v) is 22.0. The van der Waals surface area contributed by atoms with Gasteiger partial charge in [0, 0.05) is 15.2 Å². The molecule has 1 aliphatic carbocycles. The Labute approximate surface area is 642 Å². The minimum absolute atomic E-state index is 0.0531. The normalized spacial score (nSPS) is 14.1. The minimum atomic E-state index is -5.27. The van der Waals surface area contributed by atoms with Crippen LogP contribution in [0.4, 0.5) is 0 Å². The lowest BCUT2D eigenvalue weighted by Gasteiger charge is -2.50. The third-order valence-electron chi connectivity index (χ3n) is 20.7. The van der Waals surface area contributed by atoms with Crippen molar-refractivity contribution in [2.75, 3.05) is 0 Å². The summed E-state index contributed by atoms with van der Waals surface area (Å²) in [5.74, 6) is 0.446. The largest absolute Gasteiger partial charge is 0.488 e. The van der Waals surface area contributed by atoms with Crippen molar-refractivity contribution in [2.45, 2.75) is 191 Å². The molecule has 10 aromatic carbocycles. The standard InChI is InChI=1S/C82H84O20S7/c1-11-49-79(10,12-2)70-45-41-62(50-74(70)106(87,88)89)104(83,84)64-43-47-72(76(52-64)108(93,94)95)99-56-29-25-54(26-30-56)82(68-23-19-17-21-66(68)67-22-18-20-24-69(67)82)55-27-31-59(32-28-55)102-81(15-5,16-6)80(13-3,14-4)71-46-42-63(51-75(71)107(90,91)92)105(85,86)65-44-48-73(77(53-65)109(96,97)98)100-57-33-37-60(38-34-57)103-61-39-35-58(36-40-61)101-78(7,8)9/h17-48,50-53H,11-16,49H2,1-10H3,(H,87,88,89)(H,90,91,92)(H,93,94,95)(H,96,97,98). The molecule has 0 aliphatic heterocycles. The van der Waals surface area contributed by atoms with Gasteiger partial charge in [0.25, 0.3) is 40.5 Å². The van der Waals surface area contributed by atoms with Crippen molar-refractivity contribution in [3.05, 3.63) is 252 Å². The molecule has 4 N–H and O–H groups in total. The van der Waals surface area contributed by atoms with E-state index in [9.17, 15) is 68.7 Å². The van der Waals surface area contributed by atoms with Crippen LogP contribution in [0.1, 0.15) is 148 Å². The lowest BCUT2D eigenvalue weighted by Crippen LogP contribution is -2.55. The lowest BCUT2D eigenvalue weighted by molar-refractivity contribution is -0.0296. The van der Waals surface area contributed by atoms with Crippen LogP contribution >= 0.6 is 11.8 Å². The van der Waals surface area contributed by atoms with Gasteiger partial charge in [-0.15, -0.1) is 0 Å². The molecule has 0 saturated heterocycles. The van der Waals surface area contributed by atoms with Gasteiger partial charge in [-0.05, 0) is 243 Å². The second-order valence-electron chi connectivity index (χ2n) is 28.1. The summed E-state index contributed by atoms with van der Waals surface area (Å²) >= 11 is 1.44. The van der Waals surface area contributed by atoms with Crippen LogP contribution in [0.3, 0.4) is 0 Å². The minimum Gasteiger partial charge on any atom is -0.488 e. The van der Waals surface area contributed by atoms with Crippen molar-refractivity contribution in [1.29, 1.82) is 0 Å². The quantitative estimate of drug-likeness (QED) is 0.0316. The van der Waals surface area contributed by atoms with Crippen LogP contribution in [-0.4, -0.2) is 79.9 Å². The van der Waals surface area contributed by atoms with Crippen LogP contribution in [0.2, 0.25) is 0 Å². The molecule has 0 amide bonds. The Bertz CT molecular complexity index is 5790. The van der Waals surface area contributed by atoms with Crippen molar-refractivity contribution >= 4 is 71.9 Å². The van der Waals surface area contributed by atoms with E-state index >= 15 is 0 Å². The van der Waals surface area contributed by atoms with E-state index in [1.54, 1.807) is 60.7 Å². The van der Waals surface area contributed by atoms with Crippen LogP contribution in [0.5, 0.6) is 34.5 Å². The summed E-state index contributed by atoms with van der Waals surface area (Å²) in [7, 11) is -30.2. The molecule has 27 heteroatoms. The van der Waals surface area contributed by atoms with Crippen LogP contribution in [0.25, 0.3) is 11.1 Å². The predicted molar refractivity (Wildman–Crippen MR) is 416 cm³/mol. The fourth-order valence-electron chi connectivity index (χ4n) is 15.2. The van der Waals surface area contributed by atoms with Gasteiger partial charge in [-0.3, -0.25) is 18.2 Å². The van der Waals surface area contributed by atoms with Gasteiger partial charge >= 0.3 is 0 Å². The Morgan fingerprint density at radius 2 is 0.716 bits per heavy atom. The Kier molecular flexibility index (Phi) is 22.8. The number of benzene rings is 10. The summed E-state index contributed by atoms with van der Waals surface area (Å²) < 4.78 is 232. The molecule has 20 nitrogen and oxygen atoms in total. The summed E-state index contributed by atoms with van der Waals surface area (Å²) in [6.07, 6.45) is 2.57. The maximum absolute atomic E-state index is 14.7. The molecule has 0 bridgehead atoms. The molecule has 109 heavy (non-hydrogen) atoms. The summed E-state index contributed by atoms with van der Waals surface area (Å²) in [6, 6.07) is 56.4. The Morgan fingerprint density at radius 3 is 1.09 bits per heavy atom. The Morgan fingerprint density at radius 1 is 0.367 bits per heavy atom. The molecule has 0 aromatic heterocycles. The molecule has 1 aliphatic rings. The van der Waals surface area contributed by atoms with Crippen molar-refractivity contribution < 1.29 is 87.7 Å². The second-order valence-corrected chi connectivity index (χ2v) is 38.7. The Balaban J connectivity index is 0.897. The summed E-state index contributed by atoms with van der Waals surface area (Å²) in [6.45, 7) is 18.8. The average Bonchev–Trinajstić information content (AvgIpc) is 1.57. The molecule has 574 valence electrons. The molecule has 0 spiro atoms. The highest BCUT2D eigenvalue weighted by Crippen LogP contribution is 2.57. The Hall–Kier alpha value is -8.71. The molecule has 0 radical (unpaired) electrons. The van der Waals surface area contributed by atoms with Gasteiger partial charge in [-0.1, -0.05) is 152 Å². The van der Waals surface area contributed by atoms with Gasteiger partial charge in [0.2, 0.25) is 19.7 Å². The highest BCUT2D eigenvalue weighted by Gasteiger charge is 2.53. The molecule has 11 rings (SSSR count). The molecule has 10 aromatic rings. The van der Waals surface area contributed by atoms with Crippen molar-refractivity contribution in [3.8, 4) is 45.6 Å². The zero-order valence-corrected chi connectivity index (χ0v) is 67.1. The topological polar surface area (TPSA) is 323 Å². The number of hydrogen-bond acceptors (Lipinski definition) is 17. The monoisotopic (exact) mass is 1610 g/mol. The van der Waals surface area contributed by atoms with E-state index < -0.39 is 133 Å². The van der Waals surface area contributed by atoms with Crippen molar-refractivity contribution in [2.24, 2.45) is 0 Å². The van der Waals surface area contributed by atoms with Gasteiger partial charge in [-0.25, -0.2) is 16.8 Å². The van der Waals surface area contributed by atoms with E-state index in [1.165, 1.54) is 36.0 Å². The second kappa shape index (κ2) is 30.5. The van der Waals surface area contributed by atoms with Gasteiger partial charge in [0.1, 0.15) is 55.5 Å². The van der Waals surface area contributed by atoms with E-state index in [4.69, 9.17) is 18.9 Å². The van der Waals surface area contributed by atoms with Crippen molar-refractivity contribution in [3.63, 3.8) is 0 Å². The number of rotatable bonds is 29. The van der Waals surface area contributed by atoms with Crippen molar-refractivity contribution in [1.82, 2.24) is 0 Å². The third-order valence-corrected chi connectivity index (χ3v) is 28.7. The van der Waals surface area contributed by atoms with E-state index in [-0.39, 0.29) is 53.9 Å². The molecule has 1 unspecified atom stereocenters. The maximum Gasteiger partial charge on any atom is 0.298 e. The number of ether oxygens (including phenoxy) is 4.